The molecule has 0 unspecified atom stereocenters. The summed E-state index contributed by atoms with van der Waals surface area (Å²) in [4.78, 5) is 15.7. The van der Waals surface area contributed by atoms with Gasteiger partial charge in [0.2, 0.25) is 0 Å². The number of thiazole rings is 1. The number of halogens is 2. The quantitative estimate of drug-likeness (QED) is 0.881. The van der Waals surface area contributed by atoms with Gasteiger partial charge in [0.25, 0.3) is 5.91 Å². The van der Waals surface area contributed by atoms with Gasteiger partial charge in [-0.1, -0.05) is 0 Å². The van der Waals surface area contributed by atoms with E-state index < -0.39 is 0 Å². The molecule has 4 nitrogen and oxygen atoms in total. The molecule has 2 rings (SSSR count). The van der Waals surface area contributed by atoms with Crippen LogP contribution in [0.15, 0.2) is 5.38 Å². The normalized spacial score (nSPS) is 13.6. The van der Waals surface area contributed by atoms with Crippen molar-refractivity contribution < 1.29 is 4.79 Å². The molecule has 7 heteroatoms. The van der Waals surface area contributed by atoms with Crippen molar-refractivity contribution in [2.75, 3.05) is 13.1 Å². The lowest BCUT2D eigenvalue weighted by atomic mass is 10.4. The molecule has 0 spiro atoms. The second kappa shape index (κ2) is 7.06. The van der Waals surface area contributed by atoms with E-state index in [0.29, 0.717) is 24.7 Å². The first kappa shape index (κ1) is 15.6. The van der Waals surface area contributed by atoms with Crippen molar-refractivity contribution in [3.8, 4) is 0 Å². The van der Waals surface area contributed by atoms with Crippen LogP contribution in [0.3, 0.4) is 0 Å². The van der Waals surface area contributed by atoms with E-state index in [-0.39, 0.29) is 30.7 Å². The third-order valence-corrected chi connectivity index (χ3v) is 3.12. The van der Waals surface area contributed by atoms with Crippen LogP contribution >= 0.6 is 36.2 Å². The number of nitrogens with zero attached hydrogens (tertiary/aromatic N) is 1. The number of nitrogens with one attached hydrogen (secondary N) is 1. The van der Waals surface area contributed by atoms with Gasteiger partial charge < -0.3 is 11.1 Å². The van der Waals surface area contributed by atoms with Gasteiger partial charge in [-0.05, 0) is 12.8 Å². The number of hydrogen-bond acceptors (Lipinski definition) is 4. The zero-order valence-electron chi connectivity index (χ0n) is 8.64. The highest BCUT2D eigenvalue weighted by Crippen LogP contribution is 2.41. The molecule has 0 bridgehead atoms. The second-order valence-electron chi connectivity index (χ2n) is 3.39. The number of hydrogen-bond donors (Lipinski definition) is 2. The maximum atomic E-state index is 11.4. The molecule has 1 heterocycles. The smallest absolute Gasteiger partial charge is 0.270 e. The van der Waals surface area contributed by atoms with Gasteiger partial charge in [-0.2, -0.15) is 0 Å². The molecular formula is C9H15Cl2N3OS. The molecule has 1 aliphatic carbocycles. The summed E-state index contributed by atoms with van der Waals surface area (Å²) < 4.78 is 0. The Balaban J connectivity index is 0.00000112. The Morgan fingerprint density at radius 3 is 2.81 bits per heavy atom. The van der Waals surface area contributed by atoms with Crippen molar-refractivity contribution in [1.29, 1.82) is 0 Å². The number of carbonyl (C=O) groups excluding carboxylic acids is 1. The Morgan fingerprint density at radius 1 is 1.56 bits per heavy atom. The lowest BCUT2D eigenvalue weighted by Gasteiger charge is -1.98. The molecule has 1 aromatic rings. The van der Waals surface area contributed by atoms with Gasteiger partial charge in [0, 0.05) is 24.4 Å². The summed E-state index contributed by atoms with van der Waals surface area (Å²) in [6.45, 7) is 0.973. The zero-order valence-corrected chi connectivity index (χ0v) is 11.1. The maximum Gasteiger partial charge on any atom is 0.270 e. The summed E-state index contributed by atoms with van der Waals surface area (Å²) in [5.41, 5.74) is 5.82. The zero-order chi connectivity index (χ0) is 9.97. The van der Waals surface area contributed by atoms with E-state index in [4.69, 9.17) is 5.73 Å². The predicted molar refractivity (Wildman–Crippen MR) is 70.0 cm³/mol. The van der Waals surface area contributed by atoms with E-state index >= 15 is 0 Å². The van der Waals surface area contributed by atoms with Gasteiger partial charge in [0.05, 0.1) is 5.01 Å². The molecule has 1 saturated carbocycles. The second-order valence-corrected chi connectivity index (χ2v) is 4.28. The molecule has 1 aromatic heterocycles. The van der Waals surface area contributed by atoms with E-state index in [0.717, 1.165) is 5.01 Å². The Kier molecular flexibility index (Phi) is 6.90. The van der Waals surface area contributed by atoms with Crippen LogP contribution < -0.4 is 11.1 Å². The lowest BCUT2D eigenvalue weighted by Crippen LogP contribution is -2.29. The molecule has 1 amide bonds. The van der Waals surface area contributed by atoms with Gasteiger partial charge in [-0.15, -0.1) is 36.2 Å². The van der Waals surface area contributed by atoms with Crippen molar-refractivity contribution in [1.82, 2.24) is 10.3 Å². The summed E-state index contributed by atoms with van der Waals surface area (Å²) in [7, 11) is 0. The molecule has 0 radical (unpaired) electrons. The van der Waals surface area contributed by atoms with Crippen LogP contribution in [0.25, 0.3) is 0 Å². The van der Waals surface area contributed by atoms with Crippen LogP contribution in [0, 0.1) is 0 Å². The van der Waals surface area contributed by atoms with E-state index in [1.807, 2.05) is 5.38 Å². The summed E-state index contributed by atoms with van der Waals surface area (Å²) in [5.74, 6) is 0.509. The topological polar surface area (TPSA) is 68.0 Å². The molecule has 1 aliphatic rings. The van der Waals surface area contributed by atoms with Crippen LogP contribution in [0.1, 0.15) is 34.3 Å². The third-order valence-electron chi connectivity index (χ3n) is 2.11. The van der Waals surface area contributed by atoms with Crippen molar-refractivity contribution in [3.05, 3.63) is 16.1 Å². The van der Waals surface area contributed by atoms with Crippen molar-refractivity contribution >= 4 is 42.1 Å². The molecule has 92 valence electrons. The Hall–Kier alpha value is -0.360. The van der Waals surface area contributed by atoms with E-state index in [2.05, 4.69) is 10.3 Å². The molecule has 3 N–H and O–H groups in total. The van der Waals surface area contributed by atoms with Crippen LogP contribution in [0.4, 0.5) is 0 Å². The lowest BCUT2D eigenvalue weighted by molar-refractivity contribution is 0.0950. The average molecular weight is 284 g/mol. The monoisotopic (exact) mass is 283 g/mol. The average Bonchev–Trinajstić information content (AvgIpc) is 2.93. The first-order chi connectivity index (χ1) is 6.81. The minimum atomic E-state index is -0.112. The largest absolute Gasteiger partial charge is 0.349 e. The van der Waals surface area contributed by atoms with Gasteiger partial charge in [-0.3, -0.25) is 4.79 Å². The highest BCUT2D eigenvalue weighted by atomic mass is 35.5. The number of amides is 1. The number of carbonyl (C=O) groups is 1. The maximum absolute atomic E-state index is 11.4. The van der Waals surface area contributed by atoms with E-state index in [1.54, 1.807) is 11.3 Å². The number of nitrogens with two attached hydrogens (primary N) is 1. The summed E-state index contributed by atoms with van der Waals surface area (Å²) in [6, 6.07) is 0. The van der Waals surface area contributed by atoms with Crippen LogP contribution in [0.2, 0.25) is 0 Å². The van der Waals surface area contributed by atoms with Crippen LogP contribution in [0.5, 0.6) is 0 Å². The Morgan fingerprint density at radius 2 is 2.25 bits per heavy atom. The van der Waals surface area contributed by atoms with Crippen molar-refractivity contribution in [2.24, 2.45) is 5.73 Å². The molecule has 0 atom stereocenters. The standard InChI is InChI=1S/C9H13N3OS.2ClH/c10-3-4-11-8(13)7-5-14-9(12-7)6-1-2-6;;/h5-6H,1-4,10H2,(H,11,13);2*1H. The molecular weight excluding hydrogens is 269 g/mol. The first-order valence-electron chi connectivity index (χ1n) is 4.75. The SMILES string of the molecule is Cl.Cl.NCCNC(=O)c1csc(C2CC2)n1. The van der Waals surface area contributed by atoms with Gasteiger partial charge in [0.1, 0.15) is 5.69 Å². The minimum Gasteiger partial charge on any atom is -0.349 e. The Bertz CT molecular complexity index is 341. The highest BCUT2D eigenvalue weighted by Gasteiger charge is 2.27. The van der Waals surface area contributed by atoms with Crippen LogP contribution in [-0.4, -0.2) is 24.0 Å². The molecule has 1 fully saturated rings. The van der Waals surface area contributed by atoms with Gasteiger partial charge in [0.15, 0.2) is 0 Å². The van der Waals surface area contributed by atoms with E-state index in [9.17, 15) is 4.79 Å². The van der Waals surface area contributed by atoms with Crippen LogP contribution in [-0.2, 0) is 0 Å². The fourth-order valence-corrected chi connectivity index (χ4v) is 2.16. The molecule has 0 saturated heterocycles. The third kappa shape index (κ3) is 3.90. The number of rotatable bonds is 4. The number of aromatic nitrogens is 1. The highest BCUT2D eigenvalue weighted by molar-refractivity contribution is 7.10. The summed E-state index contributed by atoms with van der Waals surface area (Å²) >= 11 is 1.58. The predicted octanol–water partition coefficient (Wildman–Crippen LogP) is 1.55. The summed E-state index contributed by atoms with van der Waals surface area (Å²) in [5, 5.41) is 5.62. The Labute approximate surface area is 111 Å². The van der Waals surface area contributed by atoms with Crippen molar-refractivity contribution in [3.63, 3.8) is 0 Å². The first-order valence-corrected chi connectivity index (χ1v) is 5.63. The van der Waals surface area contributed by atoms with Gasteiger partial charge >= 0.3 is 0 Å². The molecule has 0 aliphatic heterocycles. The molecule has 0 aromatic carbocycles. The summed E-state index contributed by atoms with van der Waals surface area (Å²) in [6.07, 6.45) is 2.44. The van der Waals surface area contributed by atoms with E-state index in [1.165, 1.54) is 12.8 Å². The molecule has 16 heavy (non-hydrogen) atoms. The minimum absolute atomic E-state index is 0. The van der Waals surface area contributed by atoms with Crippen molar-refractivity contribution in [2.45, 2.75) is 18.8 Å². The fraction of sp³-hybridized carbons (Fsp3) is 0.556. The fourth-order valence-electron chi connectivity index (χ4n) is 1.19. The van der Waals surface area contributed by atoms with Gasteiger partial charge in [-0.25, -0.2) is 4.98 Å².